The maximum Gasteiger partial charge on any atom is 0.242 e. The van der Waals surface area contributed by atoms with Gasteiger partial charge in [0, 0.05) is 29.4 Å². The van der Waals surface area contributed by atoms with Crippen LogP contribution in [-0.4, -0.2) is 19.0 Å². The summed E-state index contributed by atoms with van der Waals surface area (Å²) in [6.07, 6.45) is 0. The number of carbonyl (C=O) groups excluding carboxylic acids is 1. The number of hydrogen-bond acceptors (Lipinski definition) is 3. The highest BCUT2D eigenvalue weighted by atomic mass is 32.2. The lowest BCUT2D eigenvalue weighted by Crippen LogP contribution is -2.22. The lowest BCUT2D eigenvalue weighted by Gasteiger charge is -2.21. The van der Waals surface area contributed by atoms with E-state index >= 15 is 0 Å². The molecular weight excluding hydrogens is 364 g/mol. The van der Waals surface area contributed by atoms with Gasteiger partial charge in [-0.3, -0.25) is 4.79 Å². The smallest absolute Gasteiger partial charge is 0.242 e. The zero-order chi connectivity index (χ0) is 19.8. The van der Waals surface area contributed by atoms with Gasteiger partial charge in [0.2, 0.25) is 5.91 Å². The first-order valence-electron chi connectivity index (χ1n) is 9.63. The molecule has 4 heteroatoms. The molecule has 3 aromatic rings. The van der Waals surface area contributed by atoms with Gasteiger partial charge in [-0.25, -0.2) is 0 Å². The van der Waals surface area contributed by atoms with Crippen LogP contribution in [0, 0.1) is 0 Å². The first kappa shape index (κ1) is 20.0. The fourth-order valence-electron chi connectivity index (χ4n) is 3.09. The van der Waals surface area contributed by atoms with Crippen LogP contribution >= 0.6 is 11.8 Å². The Balaban J connectivity index is 1.77. The molecule has 0 saturated heterocycles. The molecule has 1 amide bonds. The van der Waals surface area contributed by atoms with Crippen molar-refractivity contribution < 1.29 is 4.79 Å². The number of nitrogens with one attached hydrogen (secondary N) is 1. The highest BCUT2D eigenvalue weighted by Crippen LogP contribution is 2.36. The molecule has 1 N–H and O–H groups in total. The number of thioether (sulfide) groups is 1. The van der Waals surface area contributed by atoms with Crippen LogP contribution in [0.25, 0.3) is 0 Å². The summed E-state index contributed by atoms with van der Waals surface area (Å²) in [6, 6.07) is 28.0. The molecule has 3 rings (SSSR count). The van der Waals surface area contributed by atoms with Crippen LogP contribution in [0.4, 0.5) is 11.4 Å². The zero-order valence-corrected chi connectivity index (χ0v) is 17.2. The van der Waals surface area contributed by atoms with Crippen LogP contribution in [0.15, 0.2) is 89.8 Å². The van der Waals surface area contributed by atoms with Crippen molar-refractivity contribution in [2.45, 2.75) is 24.0 Å². The summed E-state index contributed by atoms with van der Waals surface area (Å²) in [5.41, 5.74) is 2.98. The minimum absolute atomic E-state index is 0.0179. The Kier molecular flexibility index (Phi) is 7.15. The normalized spacial score (nSPS) is 11.6. The number of amides is 1. The maximum atomic E-state index is 13.1. The molecule has 0 saturated carbocycles. The van der Waals surface area contributed by atoms with Crippen molar-refractivity contribution in [2.24, 2.45) is 0 Å². The van der Waals surface area contributed by atoms with Gasteiger partial charge in [-0.15, -0.1) is 11.8 Å². The molecule has 0 spiro atoms. The number of anilines is 2. The Morgan fingerprint density at radius 2 is 1.43 bits per heavy atom. The van der Waals surface area contributed by atoms with E-state index in [4.69, 9.17) is 0 Å². The molecule has 0 bridgehead atoms. The molecule has 0 unspecified atom stereocenters. The van der Waals surface area contributed by atoms with Crippen LogP contribution in [-0.2, 0) is 4.79 Å². The third-order valence-corrected chi connectivity index (χ3v) is 5.87. The van der Waals surface area contributed by atoms with Gasteiger partial charge in [0.1, 0.15) is 5.25 Å². The van der Waals surface area contributed by atoms with E-state index in [1.807, 2.05) is 72.8 Å². The molecule has 0 aliphatic rings. The summed E-state index contributed by atoms with van der Waals surface area (Å²) < 4.78 is 0. The van der Waals surface area contributed by atoms with Crippen molar-refractivity contribution in [3.05, 3.63) is 90.5 Å². The fourth-order valence-corrected chi connectivity index (χ4v) is 4.13. The predicted octanol–water partition coefficient (Wildman–Crippen LogP) is 6.00. The van der Waals surface area contributed by atoms with Crippen molar-refractivity contribution in [1.29, 1.82) is 0 Å². The Hall–Kier alpha value is -2.72. The lowest BCUT2D eigenvalue weighted by atomic mass is 10.1. The highest BCUT2D eigenvalue weighted by Gasteiger charge is 2.22. The second kappa shape index (κ2) is 10.00. The van der Waals surface area contributed by atoms with Crippen molar-refractivity contribution >= 4 is 29.0 Å². The van der Waals surface area contributed by atoms with E-state index in [2.05, 4.69) is 36.2 Å². The second-order valence-corrected chi connectivity index (χ2v) is 7.61. The molecule has 144 valence electrons. The molecule has 0 aliphatic heterocycles. The van der Waals surface area contributed by atoms with Gasteiger partial charge in [-0.2, -0.15) is 0 Å². The quantitative estimate of drug-likeness (QED) is 0.478. The van der Waals surface area contributed by atoms with Crippen molar-refractivity contribution in [2.75, 3.05) is 23.3 Å². The van der Waals surface area contributed by atoms with Crippen LogP contribution in [0.5, 0.6) is 0 Å². The molecule has 28 heavy (non-hydrogen) atoms. The van der Waals surface area contributed by atoms with Crippen LogP contribution in [0.2, 0.25) is 0 Å². The first-order chi connectivity index (χ1) is 13.7. The molecule has 1 atom stereocenters. The molecular formula is C24H26N2OS. The van der Waals surface area contributed by atoms with E-state index < -0.39 is 0 Å². The molecule has 0 heterocycles. The van der Waals surface area contributed by atoms with Gasteiger partial charge in [-0.05, 0) is 55.8 Å². The fraction of sp³-hybridized carbons (Fsp3) is 0.208. The Labute approximate surface area is 171 Å². The summed E-state index contributed by atoms with van der Waals surface area (Å²) in [6.45, 7) is 6.22. The topological polar surface area (TPSA) is 32.3 Å². The number of carbonyl (C=O) groups is 1. The average molecular weight is 391 g/mol. The Morgan fingerprint density at radius 3 is 2.00 bits per heavy atom. The summed E-state index contributed by atoms with van der Waals surface area (Å²) >= 11 is 1.56. The number of benzene rings is 3. The Morgan fingerprint density at radius 1 is 0.857 bits per heavy atom. The predicted molar refractivity (Wildman–Crippen MR) is 120 cm³/mol. The Bertz CT molecular complexity index is 862. The molecule has 3 aromatic carbocycles. The monoisotopic (exact) mass is 390 g/mol. The second-order valence-electron chi connectivity index (χ2n) is 6.43. The standard InChI is InChI=1S/C24H26N2OS/c1-3-26(4-2)21-17-15-20(16-18-21)25-24(27)23(19-11-7-5-8-12-19)28-22-13-9-6-10-14-22/h5-18,23H,3-4H2,1-2H3,(H,25,27)/t23-/m0/s1. The SMILES string of the molecule is CCN(CC)c1ccc(NC(=O)[C@@H](Sc2ccccc2)c2ccccc2)cc1. The van der Waals surface area contributed by atoms with E-state index in [-0.39, 0.29) is 11.2 Å². The average Bonchev–Trinajstić information content (AvgIpc) is 2.75. The number of nitrogens with zero attached hydrogens (tertiary/aromatic N) is 1. The van der Waals surface area contributed by atoms with E-state index in [9.17, 15) is 4.79 Å². The van der Waals surface area contributed by atoms with Crippen molar-refractivity contribution in [1.82, 2.24) is 0 Å². The minimum atomic E-state index is -0.314. The van der Waals surface area contributed by atoms with Gasteiger partial charge in [0.25, 0.3) is 0 Å². The summed E-state index contributed by atoms with van der Waals surface area (Å²) in [5, 5.41) is 2.77. The summed E-state index contributed by atoms with van der Waals surface area (Å²) in [4.78, 5) is 16.5. The summed E-state index contributed by atoms with van der Waals surface area (Å²) in [7, 11) is 0. The third kappa shape index (κ3) is 5.17. The van der Waals surface area contributed by atoms with Crippen LogP contribution in [0.3, 0.4) is 0 Å². The molecule has 0 aliphatic carbocycles. The van der Waals surface area contributed by atoms with Crippen molar-refractivity contribution in [3.8, 4) is 0 Å². The van der Waals surface area contributed by atoms with Gasteiger partial charge < -0.3 is 10.2 Å². The number of rotatable bonds is 8. The molecule has 0 radical (unpaired) electrons. The summed E-state index contributed by atoms with van der Waals surface area (Å²) in [5.74, 6) is -0.0179. The maximum absolute atomic E-state index is 13.1. The molecule has 0 aromatic heterocycles. The number of hydrogen-bond donors (Lipinski definition) is 1. The van der Waals surface area contributed by atoms with E-state index in [1.54, 1.807) is 11.8 Å². The minimum Gasteiger partial charge on any atom is -0.372 e. The zero-order valence-electron chi connectivity index (χ0n) is 16.3. The third-order valence-electron chi connectivity index (χ3n) is 4.60. The lowest BCUT2D eigenvalue weighted by molar-refractivity contribution is -0.115. The van der Waals surface area contributed by atoms with Crippen molar-refractivity contribution in [3.63, 3.8) is 0 Å². The van der Waals surface area contributed by atoms with Gasteiger partial charge >= 0.3 is 0 Å². The van der Waals surface area contributed by atoms with E-state index in [0.717, 1.165) is 29.2 Å². The molecule has 3 nitrogen and oxygen atoms in total. The largest absolute Gasteiger partial charge is 0.372 e. The molecule has 0 fully saturated rings. The van der Waals surface area contributed by atoms with Gasteiger partial charge in [0.15, 0.2) is 0 Å². The van der Waals surface area contributed by atoms with Crippen LogP contribution < -0.4 is 10.2 Å². The van der Waals surface area contributed by atoms with Crippen LogP contribution in [0.1, 0.15) is 24.7 Å². The van der Waals surface area contributed by atoms with E-state index in [1.165, 1.54) is 5.69 Å². The van der Waals surface area contributed by atoms with Gasteiger partial charge in [-0.1, -0.05) is 48.5 Å². The highest BCUT2D eigenvalue weighted by molar-refractivity contribution is 8.00. The van der Waals surface area contributed by atoms with E-state index in [0.29, 0.717) is 0 Å². The first-order valence-corrected chi connectivity index (χ1v) is 10.5. The van der Waals surface area contributed by atoms with Gasteiger partial charge in [0.05, 0.1) is 0 Å².